The second kappa shape index (κ2) is 11.5. The van der Waals surface area contributed by atoms with Gasteiger partial charge in [0, 0.05) is 18.4 Å². The first-order chi connectivity index (χ1) is 12.0. The molecule has 136 valence electrons. The van der Waals surface area contributed by atoms with Crippen LogP contribution in [0.2, 0.25) is 0 Å². The molecule has 0 aliphatic rings. The highest BCUT2D eigenvalue weighted by molar-refractivity contribution is 5.49. The molecule has 0 aliphatic heterocycles. The van der Waals surface area contributed by atoms with E-state index in [1.165, 1.54) is 16.7 Å². The molecule has 1 atom stereocenters. The van der Waals surface area contributed by atoms with Crippen molar-refractivity contribution in [2.24, 2.45) is 0 Å². The molecule has 0 heterocycles. The van der Waals surface area contributed by atoms with Crippen LogP contribution >= 0.6 is 0 Å². The van der Waals surface area contributed by atoms with Gasteiger partial charge in [-0.15, -0.1) is 0 Å². The van der Waals surface area contributed by atoms with E-state index in [-0.39, 0.29) is 6.10 Å². The van der Waals surface area contributed by atoms with Crippen LogP contribution in [0, 0.1) is 0 Å². The number of hydrogen-bond acceptors (Lipinski definition) is 2. The zero-order valence-electron chi connectivity index (χ0n) is 16.2. The van der Waals surface area contributed by atoms with E-state index < -0.39 is 0 Å². The van der Waals surface area contributed by atoms with Crippen molar-refractivity contribution in [3.63, 3.8) is 0 Å². The molecule has 1 rings (SSSR count). The molecule has 0 bridgehead atoms. The zero-order valence-corrected chi connectivity index (χ0v) is 16.2. The summed E-state index contributed by atoms with van der Waals surface area (Å²) in [7, 11) is 1.71. The Morgan fingerprint density at radius 1 is 1.12 bits per heavy atom. The molecule has 0 radical (unpaired) electrons. The Kier molecular flexibility index (Phi) is 9.64. The van der Waals surface area contributed by atoms with Gasteiger partial charge in [0.25, 0.3) is 0 Å². The molecule has 25 heavy (non-hydrogen) atoms. The number of anilines is 1. The van der Waals surface area contributed by atoms with Crippen molar-refractivity contribution in [2.45, 2.75) is 52.6 Å². The number of methoxy groups -OCH3 is 1. The van der Waals surface area contributed by atoms with Crippen molar-refractivity contribution >= 4 is 5.69 Å². The number of benzene rings is 1. The van der Waals surface area contributed by atoms with Crippen LogP contribution in [0.15, 0.2) is 71.9 Å². The molecule has 2 nitrogen and oxygen atoms in total. The van der Waals surface area contributed by atoms with Gasteiger partial charge in [-0.1, -0.05) is 54.2 Å². The fourth-order valence-electron chi connectivity index (χ4n) is 2.68. The topological polar surface area (TPSA) is 35.2 Å². The van der Waals surface area contributed by atoms with Crippen LogP contribution in [-0.4, -0.2) is 7.11 Å². The molecule has 1 unspecified atom stereocenters. The maximum atomic E-state index is 6.07. The van der Waals surface area contributed by atoms with Crippen LogP contribution in [0.4, 0.5) is 5.69 Å². The van der Waals surface area contributed by atoms with E-state index in [1.807, 2.05) is 30.3 Å². The number of nitrogen functional groups attached to an aromatic ring is 1. The molecule has 0 spiro atoms. The zero-order chi connectivity index (χ0) is 18.7. The number of para-hydroxylation sites is 1. The first-order valence-corrected chi connectivity index (χ1v) is 8.97. The third-order valence-corrected chi connectivity index (χ3v) is 4.20. The molecule has 0 aromatic heterocycles. The fourth-order valence-corrected chi connectivity index (χ4v) is 2.68. The minimum atomic E-state index is -0.142. The number of ether oxygens (including phenoxy) is 1. The molecule has 0 aliphatic carbocycles. The number of nitrogens with two attached hydrogens (primary N) is 1. The summed E-state index contributed by atoms with van der Waals surface area (Å²) in [5.41, 5.74) is 11.8. The van der Waals surface area contributed by atoms with Crippen LogP contribution in [0.5, 0.6) is 0 Å². The fraction of sp³-hybridized carbons (Fsp3) is 0.391. The Bertz CT molecular complexity index is 633. The van der Waals surface area contributed by atoms with Crippen molar-refractivity contribution < 1.29 is 4.74 Å². The molecule has 0 fully saturated rings. The first-order valence-electron chi connectivity index (χ1n) is 8.97. The Morgan fingerprint density at radius 2 is 1.80 bits per heavy atom. The highest BCUT2D eigenvalue weighted by atomic mass is 16.5. The molecule has 1 aromatic carbocycles. The van der Waals surface area contributed by atoms with Gasteiger partial charge in [-0.2, -0.15) is 0 Å². The lowest BCUT2D eigenvalue weighted by Crippen LogP contribution is -2.03. The van der Waals surface area contributed by atoms with Crippen LogP contribution in [0.25, 0.3) is 0 Å². The van der Waals surface area contributed by atoms with Crippen LogP contribution in [0.1, 0.15) is 58.1 Å². The monoisotopic (exact) mass is 339 g/mol. The summed E-state index contributed by atoms with van der Waals surface area (Å²) in [6.45, 7) is 10.4. The van der Waals surface area contributed by atoms with Crippen molar-refractivity contribution in [2.75, 3.05) is 12.8 Å². The molecular weight excluding hydrogens is 306 g/mol. The van der Waals surface area contributed by atoms with Crippen molar-refractivity contribution in [3.8, 4) is 0 Å². The third kappa shape index (κ3) is 8.04. The van der Waals surface area contributed by atoms with Crippen LogP contribution < -0.4 is 5.73 Å². The predicted molar refractivity (Wildman–Crippen MR) is 111 cm³/mol. The molecular formula is C23H33NO. The summed E-state index contributed by atoms with van der Waals surface area (Å²) in [6, 6.07) is 7.83. The summed E-state index contributed by atoms with van der Waals surface area (Å²) in [5.74, 6) is 0. The Labute approximate surface area is 153 Å². The van der Waals surface area contributed by atoms with Gasteiger partial charge >= 0.3 is 0 Å². The van der Waals surface area contributed by atoms with Crippen molar-refractivity contribution in [3.05, 3.63) is 77.4 Å². The summed E-state index contributed by atoms with van der Waals surface area (Å²) >= 11 is 0. The van der Waals surface area contributed by atoms with E-state index in [4.69, 9.17) is 10.5 Å². The predicted octanol–water partition coefficient (Wildman–Crippen LogP) is 6.54. The normalized spacial score (nSPS) is 13.4. The number of allylic oxidation sites excluding steroid dienone is 6. The van der Waals surface area contributed by atoms with E-state index in [0.717, 1.165) is 36.9 Å². The molecule has 2 heteroatoms. The van der Waals surface area contributed by atoms with Gasteiger partial charge in [0.1, 0.15) is 6.10 Å². The second-order valence-electron chi connectivity index (χ2n) is 6.64. The van der Waals surface area contributed by atoms with E-state index in [0.29, 0.717) is 0 Å². The molecule has 0 saturated carbocycles. The minimum Gasteiger partial charge on any atom is -0.398 e. The van der Waals surface area contributed by atoms with Gasteiger partial charge < -0.3 is 10.5 Å². The Balaban J connectivity index is 2.68. The van der Waals surface area contributed by atoms with Gasteiger partial charge in [-0.05, 0) is 64.2 Å². The van der Waals surface area contributed by atoms with Gasteiger partial charge in [0.15, 0.2) is 0 Å². The van der Waals surface area contributed by atoms with Gasteiger partial charge in [-0.25, -0.2) is 0 Å². The van der Waals surface area contributed by atoms with Crippen LogP contribution in [-0.2, 0) is 4.74 Å². The van der Waals surface area contributed by atoms with E-state index >= 15 is 0 Å². The van der Waals surface area contributed by atoms with Gasteiger partial charge in [0.05, 0.1) is 0 Å². The molecule has 1 aromatic rings. The van der Waals surface area contributed by atoms with E-state index in [1.54, 1.807) is 7.11 Å². The largest absolute Gasteiger partial charge is 0.398 e. The Morgan fingerprint density at radius 3 is 2.40 bits per heavy atom. The van der Waals surface area contributed by atoms with E-state index in [2.05, 4.69) is 45.6 Å². The van der Waals surface area contributed by atoms with Gasteiger partial charge in [-0.3, -0.25) is 0 Å². The molecule has 0 saturated heterocycles. The molecule has 0 amide bonds. The van der Waals surface area contributed by atoms with Crippen molar-refractivity contribution in [1.82, 2.24) is 0 Å². The highest BCUT2D eigenvalue weighted by Crippen LogP contribution is 2.26. The summed E-state index contributed by atoms with van der Waals surface area (Å²) in [6.07, 6.45) is 12.7. The Hall–Kier alpha value is -2.06. The smallest absolute Gasteiger partial charge is 0.103 e. The quantitative estimate of drug-likeness (QED) is 0.298. The van der Waals surface area contributed by atoms with E-state index in [9.17, 15) is 0 Å². The summed E-state index contributed by atoms with van der Waals surface area (Å²) in [4.78, 5) is 0. The maximum absolute atomic E-state index is 6.07. The van der Waals surface area contributed by atoms with Crippen LogP contribution in [0.3, 0.4) is 0 Å². The average molecular weight is 340 g/mol. The highest BCUT2D eigenvalue weighted by Gasteiger charge is 2.10. The minimum absolute atomic E-state index is 0.142. The SMILES string of the molecule is C=C/C(=C\C(OC)c1ccccc1N)CC/C=C(\C)CCC=C(C)C. The standard InChI is InChI=1S/C23H33NO/c1-6-20(14-10-13-19(4)12-9-11-18(2)3)17-23(25-5)21-15-7-8-16-22(21)24/h6-8,11,13,15-17,23H,1,9-10,12,14,24H2,2-5H3/b19-13+,20-17+. The second-order valence-corrected chi connectivity index (χ2v) is 6.64. The lowest BCUT2D eigenvalue weighted by atomic mass is 10.0. The first kappa shape index (κ1) is 21.0. The number of hydrogen-bond donors (Lipinski definition) is 1. The third-order valence-electron chi connectivity index (χ3n) is 4.20. The van der Waals surface area contributed by atoms with Crippen molar-refractivity contribution in [1.29, 1.82) is 0 Å². The lowest BCUT2D eigenvalue weighted by molar-refractivity contribution is 0.142. The summed E-state index contributed by atoms with van der Waals surface area (Å²) < 4.78 is 5.63. The average Bonchev–Trinajstić information content (AvgIpc) is 2.58. The van der Waals surface area contributed by atoms with Gasteiger partial charge in [0.2, 0.25) is 0 Å². The summed E-state index contributed by atoms with van der Waals surface area (Å²) in [5, 5.41) is 0. The molecule has 2 N–H and O–H groups in total. The number of rotatable bonds is 10. The lowest BCUT2D eigenvalue weighted by Gasteiger charge is -2.15. The maximum Gasteiger partial charge on any atom is 0.103 e.